The van der Waals surface area contributed by atoms with Gasteiger partial charge in [-0.25, -0.2) is 0 Å². The van der Waals surface area contributed by atoms with Crippen LogP contribution in [0.15, 0.2) is 72.8 Å². The summed E-state index contributed by atoms with van der Waals surface area (Å²) < 4.78 is 6.61. The Morgan fingerprint density at radius 2 is 1.76 bits per heavy atom. The van der Waals surface area contributed by atoms with Crippen LogP contribution in [0.5, 0.6) is 0 Å². The number of fused-ring (bicyclic) bond motifs is 2. The number of likely N-dealkylation sites (tertiary alicyclic amines) is 1. The highest BCUT2D eigenvalue weighted by Crippen LogP contribution is 2.60. The van der Waals surface area contributed by atoms with Crippen molar-refractivity contribution >= 4 is 50.1 Å². The Morgan fingerprint density at radius 3 is 2.48 bits per heavy atom. The number of halogens is 1. The summed E-state index contributed by atoms with van der Waals surface area (Å²) in [4.78, 5) is 43.6. The highest BCUT2D eigenvalue weighted by Gasteiger charge is 2.77. The van der Waals surface area contributed by atoms with Crippen LogP contribution in [0.25, 0.3) is 10.8 Å². The largest absolute Gasteiger partial charge is 0.394 e. The molecule has 3 fully saturated rings. The minimum atomic E-state index is -1.20. The molecule has 9 heteroatoms. The molecule has 220 valence electrons. The second-order valence-electron chi connectivity index (χ2n) is 12.1. The Labute approximate surface area is 253 Å². The van der Waals surface area contributed by atoms with E-state index in [0.717, 1.165) is 16.3 Å². The number of carbonyl (C=O) groups excluding carboxylic acids is 3. The number of alkyl halides is 1. The van der Waals surface area contributed by atoms with Crippen molar-refractivity contribution in [1.29, 1.82) is 0 Å². The molecule has 3 amide bonds. The molecule has 0 radical (unpaired) electrons. The van der Waals surface area contributed by atoms with Crippen molar-refractivity contribution < 1.29 is 24.2 Å². The van der Waals surface area contributed by atoms with E-state index in [1.165, 1.54) is 4.90 Å². The number of ether oxygens (including phenoxy) is 1. The third-order valence-corrected chi connectivity index (χ3v) is 9.80. The third kappa shape index (κ3) is 4.91. The van der Waals surface area contributed by atoms with Crippen LogP contribution < -0.4 is 10.6 Å². The zero-order chi connectivity index (χ0) is 29.6. The van der Waals surface area contributed by atoms with Crippen LogP contribution in [0, 0.1) is 17.8 Å². The van der Waals surface area contributed by atoms with Crippen LogP contribution in [0.2, 0.25) is 0 Å². The van der Waals surface area contributed by atoms with Crippen LogP contribution in [-0.4, -0.2) is 63.0 Å². The number of rotatable bonds is 9. The minimum absolute atomic E-state index is 0.170. The van der Waals surface area contributed by atoms with Gasteiger partial charge in [0.2, 0.25) is 17.7 Å². The predicted octanol–water partition coefficient (Wildman–Crippen LogP) is 4.25. The molecule has 0 aromatic heterocycles. The monoisotopic (exact) mass is 633 g/mol. The van der Waals surface area contributed by atoms with Crippen molar-refractivity contribution in [3.63, 3.8) is 0 Å². The fraction of sp³-hybridized carbons (Fsp3) is 0.424. The Kier molecular flexibility index (Phi) is 7.85. The summed E-state index contributed by atoms with van der Waals surface area (Å²) in [5, 5.41) is 18.6. The molecule has 0 aliphatic carbocycles. The summed E-state index contributed by atoms with van der Waals surface area (Å²) in [6.45, 7) is 4.07. The predicted molar refractivity (Wildman–Crippen MR) is 164 cm³/mol. The summed E-state index contributed by atoms with van der Waals surface area (Å²) in [7, 11) is 0. The van der Waals surface area contributed by atoms with Crippen molar-refractivity contribution in [3.8, 4) is 0 Å². The lowest BCUT2D eigenvalue weighted by atomic mass is 9.70. The van der Waals surface area contributed by atoms with E-state index in [0.29, 0.717) is 25.1 Å². The average Bonchev–Trinajstić information content (AvgIpc) is 3.58. The van der Waals surface area contributed by atoms with E-state index in [9.17, 15) is 19.5 Å². The van der Waals surface area contributed by atoms with E-state index >= 15 is 0 Å². The number of hydrogen-bond acceptors (Lipinski definition) is 5. The fourth-order valence-corrected chi connectivity index (χ4v) is 8.20. The van der Waals surface area contributed by atoms with Gasteiger partial charge in [0, 0.05) is 17.1 Å². The molecule has 2 bridgehead atoms. The molecule has 3 aliphatic rings. The molecular formula is C33H36BrN3O5. The van der Waals surface area contributed by atoms with Gasteiger partial charge in [-0.3, -0.25) is 14.4 Å². The van der Waals surface area contributed by atoms with Gasteiger partial charge < -0.3 is 25.4 Å². The number of nitrogens with zero attached hydrogens (tertiary/aromatic N) is 1. The second-order valence-corrected chi connectivity index (χ2v) is 13.3. The van der Waals surface area contributed by atoms with Crippen molar-refractivity contribution in [2.75, 3.05) is 11.9 Å². The highest BCUT2D eigenvalue weighted by atomic mass is 79.9. The van der Waals surface area contributed by atoms with Crippen molar-refractivity contribution in [1.82, 2.24) is 10.2 Å². The van der Waals surface area contributed by atoms with Gasteiger partial charge in [0.1, 0.15) is 11.6 Å². The number of nitrogens with one attached hydrogen (secondary N) is 2. The first-order valence-corrected chi connectivity index (χ1v) is 15.5. The molecule has 3 N–H and O–H groups in total. The molecule has 1 spiro atoms. The molecule has 7 atom stereocenters. The Bertz CT molecular complexity index is 1500. The van der Waals surface area contributed by atoms with Crippen LogP contribution in [0.3, 0.4) is 0 Å². The molecule has 8 nitrogen and oxygen atoms in total. The smallest absolute Gasteiger partial charge is 0.250 e. The lowest BCUT2D eigenvalue weighted by Crippen LogP contribution is -2.57. The van der Waals surface area contributed by atoms with Crippen LogP contribution in [-0.2, 0) is 25.7 Å². The molecule has 3 unspecified atom stereocenters. The zero-order valence-electron chi connectivity index (χ0n) is 23.7. The third-order valence-electron chi connectivity index (χ3n) is 8.95. The molecule has 3 aromatic carbocycles. The molecule has 42 heavy (non-hydrogen) atoms. The molecule has 3 aliphatic heterocycles. The number of benzene rings is 3. The fourth-order valence-electron chi connectivity index (χ4n) is 7.26. The van der Waals surface area contributed by atoms with Crippen LogP contribution >= 0.6 is 15.9 Å². The van der Waals surface area contributed by atoms with E-state index < -0.39 is 35.6 Å². The van der Waals surface area contributed by atoms with E-state index in [4.69, 9.17) is 4.74 Å². The summed E-state index contributed by atoms with van der Waals surface area (Å²) in [5.74, 6) is -2.39. The standard InChI is InChI=1S/C33H36BrN3O5/c1-19(2)14-24(18-38)37-29(31(40)36-23-13-12-21-10-6-7-11-22(21)15-23)33-16-25(34)28(42-33)26(27(33)32(37)41)30(39)35-17-20-8-4-3-5-9-20/h3-13,15,19,24-29,38H,14,16-18H2,1-2H3,(H,35,39)(H,36,40)/t24-,25?,26+,27+,28+,29?,33?/m1/s1. The van der Waals surface area contributed by atoms with Gasteiger partial charge >= 0.3 is 0 Å². The molecule has 3 heterocycles. The van der Waals surface area contributed by atoms with Crippen molar-refractivity contribution in [3.05, 3.63) is 78.4 Å². The molecular weight excluding hydrogens is 598 g/mol. The van der Waals surface area contributed by atoms with Crippen LogP contribution in [0.4, 0.5) is 5.69 Å². The number of aliphatic hydroxyl groups is 1. The number of aliphatic hydroxyl groups excluding tert-OH is 1. The number of anilines is 1. The van der Waals surface area contributed by atoms with Gasteiger partial charge in [0.25, 0.3) is 0 Å². The van der Waals surface area contributed by atoms with E-state index in [-0.39, 0.29) is 35.1 Å². The SMILES string of the molecule is CC(C)C[C@H](CO)N1C(=O)[C@@H]2[C@H](C(=O)NCc3ccccc3)[C@H]3OC2(CC3Br)C1C(=O)Nc1ccc2ccccc2c1. The maximum absolute atomic E-state index is 14.4. The lowest BCUT2D eigenvalue weighted by Gasteiger charge is -2.37. The Morgan fingerprint density at radius 1 is 1.05 bits per heavy atom. The first-order valence-electron chi connectivity index (χ1n) is 14.6. The van der Waals surface area contributed by atoms with Crippen LogP contribution in [0.1, 0.15) is 32.3 Å². The molecule has 6 rings (SSSR count). The first-order chi connectivity index (χ1) is 20.2. The average molecular weight is 635 g/mol. The number of carbonyl (C=O) groups is 3. The topological polar surface area (TPSA) is 108 Å². The van der Waals surface area contributed by atoms with Gasteiger partial charge in [0.05, 0.1) is 30.6 Å². The van der Waals surface area contributed by atoms with E-state index in [2.05, 4.69) is 26.6 Å². The van der Waals surface area contributed by atoms with Gasteiger partial charge in [-0.15, -0.1) is 0 Å². The van der Waals surface area contributed by atoms with Gasteiger partial charge in [0.15, 0.2) is 0 Å². The maximum atomic E-state index is 14.4. The summed E-state index contributed by atoms with van der Waals surface area (Å²) >= 11 is 3.72. The highest BCUT2D eigenvalue weighted by molar-refractivity contribution is 9.09. The van der Waals surface area contributed by atoms with Crippen molar-refractivity contribution in [2.45, 2.75) is 61.8 Å². The quantitative estimate of drug-likeness (QED) is 0.305. The maximum Gasteiger partial charge on any atom is 0.250 e. The second kappa shape index (κ2) is 11.4. The molecule has 3 aromatic rings. The Balaban J connectivity index is 1.35. The summed E-state index contributed by atoms with van der Waals surface area (Å²) in [6.07, 6.45) is 0.366. The summed E-state index contributed by atoms with van der Waals surface area (Å²) in [5.41, 5.74) is 0.357. The lowest BCUT2D eigenvalue weighted by molar-refractivity contribution is -0.144. The number of hydrogen-bond donors (Lipinski definition) is 3. The molecule has 0 saturated carbocycles. The minimum Gasteiger partial charge on any atom is -0.394 e. The van der Waals surface area contributed by atoms with Gasteiger partial charge in [-0.05, 0) is 47.2 Å². The van der Waals surface area contributed by atoms with Crippen molar-refractivity contribution in [2.24, 2.45) is 17.8 Å². The normalized spacial score (nSPS) is 28.7. The van der Waals surface area contributed by atoms with Gasteiger partial charge in [-0.1, -0.05) is 90.4 Å². The van der Waals surface area contributed by atoms with Gasteiger partial charge in [-0.2, -0.15) is 0 Å². The number of amides is 3. The molecule has 3 saturated heterocycles. The first kappa shape index (κ1) is 28.8. The van der Waals surface area contributed by atoms with E-state index in [1.807, 2.05) is 86.6 Å². The van der Waals surface area contributed by atoms with E-state index in [1.54, 1.807) is 0 Å². The Hall–Kier alpha value is -3.27. The zero-order valence-corrected chi connectivity index (χ0v) is 25.3. The summed E-state index contributed by atoms with van der Waals surface area (Å²) in [6, 6.07) is 21.6.